The van der Waals surface area contributed by atoms with Crippen LogP contribution >= 0.6 is 0 Å². The number of carbonyl (C=O) groups is 1. The van der Waals surface area contributed by atoms with Crippen molar-refractivity contribution in [1.29, 1.82) is 0 Å². The van der Waals surface area contributed by atoms with Crippen molar-refractivity contribution in [3.05, 3.63) is 77.5 Å². The van der Waals surface area contributed by atoms with E-state index in [1.165, 1.54) is 24.3 Å². The summed E-state index contributed by atoms with van der Waals surface area (Å²) < 4.78 is 22.6. The molecule has 4 radical (unpaired) electrons. The third-order valence-electron chi connectivity index (χ3n) is 5.78. The van der Waals surface area contributed by atoms with Crippen LogP contribution in [-0.4, -0.2) is 48.4 Å². The van der Waals surface area contributed by atoms with Crippen LogP contribution in [0.5, 0.6) is 5.75 Å². The van der Waals surface area contributed by atoms with E-state index in [4.69, 9.17) is 20.4 Å². The van der Waals surface area contributed by atoms with Crippen molar-refractivity contribution < 1.29 is 13.9 Å². The molecule has 0 fully saturated rings. The van der Waals surface area contributed by atoms with Gasteiger partial charge < -0.3 is 9.64 Å². The number of ether oxygens (including phenoxy) is 1. The van der Waals surface area contributed by atoms with Crippen LogP contribution in [0.25, 0.3) is 22.0 Å². The van der Waals surface area contributed by atoms with Gasteiger partial charge in [-0.2, -0.15) is 5.10 Å². The first-order valence-electron chi connectivity index (χ1n) is 9.95. The maximum Gasteiger partial charge on any atom is 0.255 e. The molecule has 0 bridgehead atoms. The summed E-state index contributed by atoms with van der Waals surface area (Å²) in [5, 5.41) is 3.64. The Balaban J connectivity index is 1.57. The van der Waals surface area contributed by atoms with E-state index >= 15 is 4.39 Å². The van der Waals surface area contributed by atoms with E-state index in [-0.39, 0.29) is 23.6 Å². The van der Waals surface area contributed by atoms with Gasteiger partial charge >= 0.3 is 0 Å². The maximum atomic E-state index is 15.4. The third-order valence-corrected chi connectivity index (χ3v) is 5.78. The van der Waals surface area contributed by atoms with Gasteiger partial charge in [0.1, 0.15) is 11.6 Å². The van der Waals surface area contributed by atoms with Crippen LogP contribution < -0.4 is 4.74 Å². The van der Waals surface area contributed by atoms with Crippen molar-refractivity contribution in [1.82, 2.24) is 19.7 Å². The number of methoxy groups -OCH3 is 1. The minimum Gasteiger partial charge on any atom is -0.496 e. The van der Waals surface area contributed by atoms with Gasteiger partial charge in [-0.15, -0.1) is 0 Å². The molecule has 0 saturated heterocycles. The molecule has 9 heteroatoms. The zero-order chi connectivity index (χ0) is 22.6. The second-order valence-electron chi connectivity index (χ2n) is 7.80. The lowest BCUT2D eigenvalue weighted by Crippen LogP contribution is -2.44. The summed E-state index contributed by atoms with van der Waals surface area (Å²) in [6.07, 6.45) is 3.40. The monoisotopic (exact) mass is 422 g/mol. The first-order chi connectivity index (χ1) is 15.3. The molecule has 32 heavy (non-hydrogen) atoms. The van der Waals surface area contributed by atoms with Crippen molar-refractivity contribution in [2.45, 2.75) is 11.9 Å². The number of aromatic nitrogens is 3. The minimum atomic E-state index is -1.66. The quantitative estimate of drug-likeness (QED) is 0.475. The Hall–Kier alpha value is -3.61. The van der Waals surface area contributed by atoms with Crippen LogP contribution in [0.4, 0.5) is 4.39 Å². The third kappa shape index (κ3) is 2.99. The fourth-order valence-corrected chi connectivity index (χ4v) is 4.21. The molecule has 1 amide bonds. The molecule has 0 N–H and O–H groups in total. The lowest BCUT2D eigenvalue weighted by Gasteiger charge is -2.33. The first-order valence-corrected chi connectivity index (χ1v) is 9.95. The summed E-state index contributed by atoms with van der Waals surface area (Å²) in [4.78, 5) is 18.3. The topological polar surface area (TPSA) is 60.2 Å². The second kappa shape index (κ2) is 7.22. The Labute approximate surface area is 186 Å². The number of carbonyl (C=O) groups excluding carboxylic acids is 1. The maximum absolute atomic E-state index is 15.4. The van der Waals surface area contributed by atoms with E-state index in [0.29, 0.717) is 11.1 Å². The molecule has 0 spiro atoms. The number of hydrogen-bond donors (Lipinski definition) is 0. The summed E-state index contributed by atoms with van der Waals surface area (Å²) in [6, 6.07) is 12.0. The van der Waals surface area contributed by atoms with Gasteiger partial charge in [-0.1, -0.05) is 12.1 Å². The van der Waals surface area contributed by atoms with Gasteiger partial charge in [-0.05, 0) is 41.5 Å². The Morgan fingerprint density at radius 2 is 1.94 bits per heavy atom. The van der Waals surface area contributed by atoms with E-state index in [0.717, 1.165) is 16.5 Å². The van der Waals surface area contributed by atoms with Gasteiger partial charge in [0.2, 0.25) is 0 Å². The number of rotatable bonds is 4. The molecule has 154 valence electrons. The highest BCUT2D eigenvalue weighted by molar-refractivity contribution is 6.42. The van der Waals surface area contributed by atoms with Gasteiger partial charge in [0.25, 0.3) is 5.91 Å². The molecule has 0 saturated carbocycles. The number of nitrogens with zero attached hydrogens (tertiary/aromatic N) is 4. The largest absolute Gasteiger partial charge is 0.496 e. The number of fused-ring (bicyclic) bond motifs is 2. The molecule has 2 aromatic carbocycles. The molecular formula is C23H17B2FN4O2. The zero-order valence-corrected chi connectivity index (χ0v) is 17.5. The predicted octanol–water partition coefficient (Wildman–Crippen LogP) is 2.89. The zero-order valence-electron chi connectivity index (χ0n) is 17.5. The van der Waals surface area contributed by atoms with Gasteiger partial charge in [0, 0.05) is 35.7 Å². The van der Waals surface area contributed by atoms with E-state index < -0.39 is 17.1 Å². The van der Waals surface area contributed by atoms with Crippen molar-refractivity contribution in [2.24, 2.45) is 7.05 Å². The van der Waals surface area contributed by atoms with Crippen molar-refractivity contribution in [3.63, 3.8) is 0 Å². The fraction of sp³-hybridized carbons (Fsp3) is 0.174. The highest BCUT2D eigenvalue weighted by Crippen LogP contribution is 2.38. The predicted molar refractivity (Wildman–Crippen MR) is 120 cm³/mol. The highest BCUT2D eigenvalue weighted by Gasteiger charge is 2.43. The Bertz CT molecular complexity index is 1390. The molecule has 6 nitrogen and oxygen atoms in total. The van der Waals surface area contributed by atoms with Crippen molar-refractivity contribution in [3.8, 4) is 16.9 Å². The Morgan fingerprint density at radius 3 is 2.69 bits per heavy atom. The number of halogens is 1. The summed E-state index contributed by atoms with van der Waals surface area (Å²) in [5.41, 5.74) is 2.99. The standard InChI is InChI=1S/C23H17B2FN4O2/c1-29-11-16-14(5-3-7-19(16)28-29)13-9-18(26)17(20(10-13)32-2)12-30-22(31)15-6-4-8-27-21(15)23(30,24)25/h3-11H,12H2,1-2H3. The Kier molecular flexibility index (Phi) is 4.58. The average Bonchev–Trinajstić information content (AvgIpc) is 3.25. The van der Waals surface area contributed by atoms with E-state index in [2.05, 4.69) is 10.1 Å². The van der Waals surface area contributed by atoms with Gasteiger partial charge in [-0.3, -0.25) is 14.5 Å². The first kappa shape index (κ1) is 20.3. The van der Waals surface area contributed by atoms with Crippen molar-refractivity contribution in [2.75, 3.05) is 7.11 Å². The molecule has 0 atom stereocenters. The molecule has 0 aliphatic carbocycles. The lowest BCUT2D eigenvalue weighted by molar-refractivity contribution is 0.0728. The summed E-state index contributed by atoms with van der Waals surface area (Å²) in [6.45, 7) is -0.172. The highest BCUT2D eigenvalue weighted by atomic mass is 19.1. The van der Waals surface area contributed by atoms with Gasteiger partial charge in [0.05, 0.1) is 46.1 Å². The molecular weight excluding hydrogens is 405 g/mol. The average molecular weight is 422 g/mol. The number of hydrogen-bond acceptors (Lipinski definition) is 4. The second-order valence-corrected chi connectivity index (χ2v) is 7.80. The molecule has 3 heterocycles. The number of aryl methyl sites for hydroxylation is 1. The SMILES string of the molecule is [B]C1([B])c2ncccc2C(=O)N1Cc1c(F)cc(-c2cccc3nn(C)cc23)cc1OC. The van der Waals surface area contributed by atoms with Crippen molar-refractivity contribution >= 4 is 32.5 Å². The van der Waals surface area contributed by atoms with Crippen LogP contribution in [0.1, 0.15) is 21.6 Å². The number of pyridine rings is 1. The fourth-order valence-electron chi connectivity index (χ4n) is 4.21. The molecule has 4 aromatic rings. The van der Waals surface area contributed by atoms with Gasteiger partial charge in [-0.25, -0.2) is 4.39 Å². The molecule has 1 aliphatic heterocycles. The van der Waals surface area contributed by atoms with E-state index in [1.54, 1.807) is 22.9 Å². The van der Waals surface area contributed by atoms with Crippen LogP contribution in [0.2, 0.25) is 0 Å². The summed E-state index contributed by atoms with van der Waals surface area (Å²) in [5.74, 6) is -0.662. The van der Waals surface area contributed by atoms with E-state index in [9.17, 15) is 4.79 Å². The number of amides is 1. The smallest absolute Gasteiger partial charge is 0.255 e. The normalized spacial score (nSPS) is 14.7. The molecule has 5 rings (SSSR count). The molecule has 1 aliphatic rings. The molecule has 2 aromatic heterocycles. The number of benzene rings is 2. The summed E-state index contributed by atoms with van der Waals surface area (Å²) >= 11 is 0. The van der Waals surface area contributed by atoms with Crippen LogP contribution in [0, 0.1) is 5.82 Å². The van der Waals surface area contributed by atoms with E-state index in [1.807, 2.05) is 31.4 Å². The van der Waals surface area contributed by atoms with Crippen LogP contribution in [0.3, 0.4) is 0 Å². The van der Waals surface area contributed by atoms with Gasteiger partial charge in [0.15, 0.2) is 0 Å². The molecule has 0 unspecified atom stereocenters. The van der Waals surface area contributed by atoms with Crippen LogP contribution in [0.15, 0.2) is 54.9 Å². The van der Waals surface area contributed by atoms with Crippen LogP contribution in [-0.2, 0) is 18.9 Å². The minimum absolute atomic E-state index is 0.172. The Morgan fingerprint density at radius 1 is 1.16 bits per heavy atom. The summed E-state index contributed by atoms with van der Waals surface area (Å²) in [7, 11) is 15.8. The lowest BCUT2D eigenvalue weighted by atomic mass is 9.59.